The molecular formula is C18H27N3O4. The van der Waals surface area contributed by atoms with E-state index in [1.807, 2.05) is 41.5 Å². The number of amides is 1. The van der Waals surface area contributed by atoms with Crippen molar-refractivity contribution in [2.45, 2.75) is 59.2 Å². The quantitative estimate of drug-likeness (QED) is 0.600. The SMILES string of the molecule is Cc1cc([N+](=O)[O-])ccc1N1C[C@@H](C)N(C(=O)OC(C)(C)C)[C@@H](C)C1. The molecule has 1 saturated heterocycles. The third-order valence-electron chi connectivity index (χ3n) is 4.26. The van der Waals surface area contributed by atoms with Crippen LogP contribution in [0.2, 0.25) is 0 Å². The van der Waals surface area contributed by atoms with Gasteiger partial charge in [-0.1, -0.05) is 0 Å². The number of carbonyl (C=O) groups excluding carboxylic acids is 1. The molecule has 0 N–H and O–H groups in total. The number of rotatable bonds is 2. The Labute approximate surface area is 148 Å². The Balaban J connectivity index is 2.17. The van der Waals surface area contributed by atoms with Gasteiger partial charge >= 0.3 is 6.09 Å². The molecular weight excluding hydrogens is 322 g/mol. The molecule has 1 amide bonds. The van der Waals surface area contributed by atoms with Gasteiger partial charge in [-0.15, -0.1) is 0 Å². The maximum absolute atomic E-state index is 12.5. The number of anilines is 1. The van der Waals surface area contributed by atoms with Crippen molar-refractivity contribution in [1.29, 1.82) is 0 Å². The van der Waals surface area contributed by atoms with Gasteiger partial charge in [-0.05, 0) is 53.2 Å². The number of nitro benzene ring substituents is 1. The van der Waals surface area contributed by atoms with Crippen LogP contribution in [0.5, 0.6) is 0 Å². The Kier molecular flexibility index (Phi) is 5.25. The fourth-order valence-corrected chi connectivity index (χ4v) is 3.30. The molecule has 0 unspecified atom stereocenters. The third kappa shape index (κ3) is 4.41. The summed E-state index contributed by atoms with van der Waals surface area (Å²) in [6, 6.07) is 4.86. The maximum Gasteiger partial charge on any atom is 0.410 e. The van der Waals surface area contributed by atoms with Crippen molar-refractivity contribution < 1.29 is 14.5 Å². The lowest BCUT2D eigenvalue weighted by molar-refractivity contribution is -0.384. The molecule has 0 bridgehead atoms. The van der Waals surface area contributed by atoms with Gasteiger partial charge in [-0.2, -0.15) is 0 Å². The predicted molar refractivity (Wildman–Crippen MR) is 97.0 cm³/mol. The van der Waals surface area contributed by atoms with E-state index >= 15 is 0 Å². The van der Waals surface area contributed by atoms with Crippen LogP contribution in [0.3, 0.4) is 0 Å². The first-order chi connectivity index (χ1) is 11.5. The zero-order valence-corrected chi connectivity index (χ0v) is 15.8. The summed E-state index contributed by atoms with van der Waals surface area (Å²) in [5.41, 5.74) is 1.39. The Morgan fingerprint density at radius 1 is 1.24 bits per heavy atom. The van der Waals surface area contributed by atoms with Gasteiger partial charge < -0.3 is 9.64 Å². The summed E-state index contributed by atoms with van der Waals surface area (Å²) in [6.45, 7) is 12.7. The van der Waals surface area contributed by atoms with Crippen LogP contribution in [0.25, 0.3) is 0 Å². The van der Waals surface area contributed by atoms with Crippen molar-refractivity contribution in [1.82, 2.24) is 4.90 Å². The maximum atomic E-state index is 12.5. The van der Waals surface area contributed by atoms with Crippen LogP contribution in [-0.2, 0) is 4.74 Å². The smallest absolute Gasteiger partial charge is 0.410 e. The van der Waals surface area contributed by atoms with Gasteiger partial charge in [0.2, 0.25) is 0 Å². The van der Waals surface area contributed by atoms with Gasteiger partial charge in [0.15, 0.2) is 0 Å². The van der Waals surface area contributed by atoms with Crippen molar-refractivity contribution >= 4 is 17.5 Å². The molecule has 1 aromatic rings. The number of non-ortho nitro benzene ring substituents is 1. The largest absolute Gasteiger partial charge is 0.444 e. The number of benzene rings is 1. The normalized spacial score (nSPS) is 21.2. The molecule has 7 heteroatoms. The average Bonchev–Trinajstić information content (AvgIpc) is 2.44. The topological polar surface area (TPSA) is 75.9 Å². The van der Waals surface area contributed by atoms with E-state index in [1.165, 1.54) is 6.07 Å². The molecule has 0 radical (unpaired) electrons. The minimum Gasteiger partial charge on any atom is -0.444 e. The molecule has 25 heavy (non-hydrogen) atoms. The van der Waals surface area contributed by atoms with Crippen LogP contribution >= 0.6 is 0 Å². The zero-order chi connectivity index (χ0) is 18.9. The number of piperazine rings is 1. The van der Waals surface area contributed by atoms with Gasteiger partial charge in [0, 0.05) is 30.9 Å². The van der Waals surface area contributed by atoms with Crippen LogP contribution in [0.4, 0.5) is 16.2 Å². The van der Waals surface area contributed by atoms with Crippen molar-refractivity contribution in [3.8, 4) is 0 Å². The first-order valence-electron chi connectivity index (χ1n) is 8.51. The Morgan fingerprint density at radius 2 is 1.80 bits per heavy atom. The molecule has 1 aliphatic rings. The van der Waals surface area contributed by atoms with Gasteiger partial charge in [-0.25, -0.2) is 4.79 Å². The standard InChI is InChI=1S/C18H27N3O4/c1-12-9-15(21(23)24)7-8-16(12)19-10-13(2)20(14(3)11-19)17(22)25-18(4,5)6/h7-9,13-14H,10-11H2,1-6H3/t13-,14+. The van der Waals surface area contributed by atoms with Gasteiger partial charge in [-0.3, -0.25) is 15.0 Å². The summed E-state index contributed by atoms with van der Waals surface area (Å²) in [4.78, 5) is 27.0. The van der Waals surface area contributed by atoms with E-state index in [4.69, 9.17) is 4.74 Å². The number of carbonyl (C=O) groups is 1. The fraction of sp³-hybridized carbons (Fsp3) is 0.611. The van der Waals surface area contributed by atoms with Crippen molar-refractivity contribution in [2.75, 3.05) is 18.0 Å². The van der Waals surface area contributed by atoms with E-state index < -0.39 is 5.60 Å². The van der Waals surface area contributed by atoms with E-state index in [9.17, 15) is 14.9 Å². The molecule has 1 aliphatic heterocycles. The second-order valence-corrected chi connectivity index (χ2v) is 7.72. The molecule has 1 fully saturated rings. The Bertz CT molecular complexity index is 657. The highest BCUT2D eigenvalue weighted by molar-refractivity contribution is 5.70. The molecule has 2 rings (SSSR count). The lowest BCUT2D eigenvalue weighted by atomic mass is 10.1. The molecule has 0 saturated carbocycles. The first kappa shape index (κ1) is 19.0. The summed E-state index contributed by atoms with van der Waals surface area (Å²) in [5.74, 6) is 0. The molecule has 0 aromatic heterocycles. The van der Waals surface area contributed by atoms with E-state index in [0.717, 1.165) is 11.3 Å². The van der Waals surface area contributed by atoms with Crippen molar-refractivity contribution in [3.05, 3.63) is 33.9 Å². The lowest BCUT2D eigenvalue weighted by Crippen LogP contribution is -2.59. The first-order valence-corrected chi connectivity index (χ1v) is 8.51. The number of nitro groups is 1. The number of hydrogen-bond acceptors (Lipinski definition) is 5. The molecule has 7 nitrogen and oxygen atoms in total. The number of hydrogen-bond donors (Lipinski definition) is 0. The van der Waals surface area contributed by atoms with Gasteiger partial charge in [0.25, 0.3) is 5.69 Å². The summed E-state index contributed by atoms with van der Waals surface area (Å²) in [6.07, 6.45) is -0.299. The Morgan fingerprint density at radius 3 is 2.24 bits per heavy atom. The van der Waals surface area contributed by atoms with E-state index in [0.29, 0.717) is 13.1 Å². The van der Waals surface area contributed by atoms with Gasteiger partial charge in [0.1, 0.15) is 5.60 Å². The fourth-order valence-electron chi connectivity index (χ4n) is 3.30. The number of aryl methyl sites for hydroxylation is 1. The monoisotopic (exact) mass is 349 g/mol. The van der Waals surface area contributed by atoms with Gasteiger partial charge in [0.05, 0.1) is 17.0 Å². The summed E-state index contributed by atoms with van der Waals surface area (Å²) in [5, 5.41) is 10.9. The highest BCUT2D eigenvalue weighted by Crippen LogP contribution is 2.29. The van der Waals surface area contributed by atoms with Crippen LogP contribution in [0.15, 0.2) is 18.2 Å². The van der Waals surface area contributed by atoms with E-state index in [1.54, 1.807) is 17.0 Å². The summed E-state index contributed by atoms with van der Waals surface area (Å²) >= 11 is 0. The zero-order valence-electron chi connectivity index (χ0n) is 15.8. The molecule has 0 spiro atoms. The Hall–Kier alpha value is -2.31. The molecule has 138 valence electrons. The third-order valence-corrected chi connectivity index (χ3v) is 4.26. The predicted octanol–water partition coefficient (Wildman–Crippen LogP) is 3.74. The minimum atomic E-state index is -0.525. The highest BCUT2D eigenvalue weighted by atomic mass is 16.6. The second kappa shape index (κ2) is 6.90. The number of ether oxygens (including phenoxy) is 1. The van der Waals surface area contributed by atoms with Crippen LogP contribution in [0.1, 0.15) is 40.2 Å². The van der Waals surface area contributed by atoms with Crippen LogP contribution in [0, 0.1) is 17.0 Å². The van der Waals surface area contributed by atoms with Crippen LogP contribution < -0.4 is 4.90 Å². The van der Waals surface area contributed by atoms with E-state index in [-0.39, 0.29) is 28.8 Å². The molecule has 2 atom stereocenters. The van der Waals surface area contributed by atoms with E-state index in [2.05, 4.69) is 4.90 Å². The number of nitrogens with zero attached hydrogens (tertiary/aromatic N) is 3. The lowest BCUT2D eigenvalue weighted by Gasteiger charge is -2.45. The molecule has 1 heterocycles. The second-order valence-electron chi connectivity index (χ2n) is 7.72. The van der Waals surface area contributed by atoms with Crippen molar-refractivity contribution in [3.63, 3.8) is 0 Å². The summed E-state index contributed by atoms with van der Waals surface area (Å²) in [7, 11) is 0. The summed E-state index contributed by atoms with van der Waals surface area (Å²) < 4.78 is 5.52. The van der Waals surface area contributed by atoms with Crippen molar-refractivity contribution in [2.24, 2.45) is 0 Å². The molecule has 1 aromatic carbocycles. The average molecular weight is 349 g/mol. The highest BCUT2D eigenvalue weighted by Gasteiger charge is 2.36. The molecule has 0 aliphatic carbocycles. The van der Waals surface area contributed by atoms with Crippen LogP contribution in [-0.4, -0.2) is 46.7 Å². The minimum absolute atomic E-state index is 0.0202.